The lowest BCUT2D eigenvalue weighted by molar-refractivity contribution is -0.295. The van der Waals surface area contributed by atoms with Crippen molar-refractivity contribution in [1.29, 1.82) is 0 Å². The van der Waals surface area contributed by atoms with Crippen molar-refractivity contribution in [3.63, 3.8) is 0 Å². The number of ether oxygens (including phenoxy) is 4. The van der Waals surface area contributed by atoms with Crippen LogP contribution in [0.3, 0.4) is 0 Å². The Labute approximate surface area is 239 Å². The van der Waals surface area contributed by atoms with Crippen LogP contribution in [0.4, 0.5) is 0 Å². The molecule has 2 N–H and O–H groups in total. The highest BCUT2D eigenvalue weighted by atomic mass is 16.7. The third-order valence-electron chi connectivity index (χ3n) is 8.65. The molecule has 2 heterocycles. The van der Waals surface area contributed by atoms with Gasteiger partial charge in [-0.15, -0.1) is 0 Å². The van der Waals surface area contributed by atoms with Crippen LogP contribution in [0, 0.1) is 17.8 Å². The number of ketones is 2. The molecule has 0 aromatic carbocycles. The van der Waals surface area contributed by atoms with Crippen LogP contribution in [-0.2, 0) is 33.3 Å². The van der Waals surface area contributed by atoms with Crippen LogP contribution in [-0.4, -0.2) is 102 Å². The second-order valence-corrected chi connectivity index (χ2v) is 12.4. The molecule has 10 nitrogen and oxygen atoms in total. The molecular weight excluding hydrogens is 518 g/mol. The SMILES string of the molecule is CC[C@H]1OC(=O)[C@H](C)C(=O)[C@H](C)[C@@H](O[C@@H]2O[C@H](C)C[C@H](N(C)C)[C@H]2O)[C@](C)(OC)C[C@@H](C)C(=O)/C(C)=C/[C@]1(C)O. The van der Waals surface area contributed by atoms with Crippen molar-refractivity contribution in [2.75, 3.05) is 21.2 Å². The van der Waals surface area contributed by atoms with E-state index in [1.165, 1.54) is 27.0 Å². The van der Waals surface area contributed by atoms with Gasteiger partial charge in [0.05, 0.1) is 17.8 Å². The minimum Gasteiger partial charge on any atom is -0.458 e. The van der Waals surface area contributed by atoms with E-state index in [0.717, 1.165) is 0 Å². The maximum atomic E-state index is 13.8. The first-order valence-corrected chi connectivity index (χ1v) is 14.3. The van der Waals surface area contributed by atoms with Crippen LogP contribution in [0.2, 0.25) is 0 Å². The van der Waals surface area contributed by atoms with Crippen molar-refractivity contribution in [2.45, 2.75) is 123 Å². The summed E-state index contributed by atoms with van der Waals surface area (Å²) >= 11 is 0. The predicted octanol–water partition coefficient (Wildman–Crippen LogP) is 2.67. The molecule has 0 amide bonds. The number of Topliss-reactive ketones (excluding diaryl/α,β-unsaturated/α-hetero) is 2. The van der Waals surface area contributed by atoms with Gasteiger partial charge in [-0.2, -0.15) is 0 Å². The summed E-state index contributed by atoms with van der Waals surface area (Å²) in [5, 5.41) is 22.3. The first kappa shape index (κ1) is 34.5. The monoisotopic (exact) mass is 569 g/mol. The summed E-state index contributed by atoms with van der Waals surface area (Å²) in [5.41, 5.74) is -2.48. The highest BCUT2D eigenvalue weighted by molar-refractivity contribution is 6.00. The highest BCUT2D eigenvalue weighted by Gasteiger charge is 2.49. The smallest absolute Gasteiger partial charge is 0.316 e. The fourth-order valence-corrected chi connectivity index (χ4v) is 6.12. The number of aliphatic hydroxyl groups is 2. The summed E-state index contributed by atoms with van der Waals surface area (Å²) in [6, 6.07) is -0.243. The van der Waals surface area contributed by atoms with E-state index in [0.29, 0.717) is 12.0 Å². The number of nitrogens with zero attached hydrogens (tertiary/aromatic N) is 1. The normalized spacial score (nSPS) is 44.1. The number of hydrogen-bond donors (Lipinski definition) is 2. The Morgan fingerprint density at radius 1 is 1.12 bits per heavy atom. The average molecular weight is 570 g/mol. The zero-order valence-corrected chi connectivity index (χ0v) is 26.1. The second-order valence-electron chi connectivity index (χ2n) is 12.4. The van der Waals surface area contributed by atoms with Crippen molar-refractivity contribution in [3.8, 4) is 0 Å². The number of methoxy groups -OCH3 is 1. The van der Waals surface area contributed by atoms with Gasteiger partial charge < -0.3 is 34.1 Å². The molecule has 0 bridgehead atoms. The molecule has 0 unspecified atom stereocenters. The summed E-state index contributed by atoms with van der Waals surface area (Å²) in [4.78, 5) is 42.3. The molecule has 0 aliphatic carbocycles. The lowest BCUT2D eigenvalue weighted by Crippen LogP contribution is -2.59. The first-order valence-electron chi connectivity index (χ1n) is 14.3. The molecular formula is C30H51NO9. The summed E-state index contributed by atoms with van der Waals surface area (Å²) < 4.78 is 24.1. The van der Waals surface area contributed by atoms with Gasteiger partial charge in [0.1, 0.15) is 23.7 Å². The van der Waals surface area contributed by atoms with Crippen LogP contribution >= 0.6 is 0 Å². The summed E-state index contributed by atoms with van der Waals surface area (Å²) in [5.74, 6) is -4.08. The fraction of sp³-hybridized carbons (Fsp3) is 0.833. The molecule has 10 heteroatoms. The largest absolute Gasteiger partial charge is 0.458 e. The number of carbonyl (C=O) groups is 3. The van der Waals surface area contributed by atoms with Crippen molar-refractivity contribution >= 4 is 17.5 Å². The molecule has 2 aliphatic rings. The van der Waals surface area contributed by atoms with Crippen LogP contribution in [0.15, 0.2) is 11.6 Å². The van der Waals surface area contributed by atoms with E-state index in [9.17, 15) is 24.6 Å². The Bertz CT molecular complexity index is 947. The summed E-state index contributed by atoms with van der Waals surface area (Å²) in [6.45, 7) is 13.4. The number of likely N-dealkylation sites (N-methyl/N-ethyl adjacent to an activating group) is 1. The van der Waals surface area contributed by atoms with E-state index in [4.69, 9.17) is 18.9 Å². The van der Waals surface area contributed by atoms with Crippen LogP contribution in [0.5, 0.6) is 0 Å². The number of aliphatic hydroxyl groups excluding tert-OH is 1. The second kappa shape index (κ2) is 13.5. The molecule has 0 aromatic heterocycles. The molecule has 1 fully saturated rings. The van der Waals surface area contributed by atoms with Gasteiger partial charge in [-0.3, -0.25) is 14.4 Å². The fourth-order valence-electron chi connectivity index (χ4n) is 6.12. The number of esters is 1. The standard InChI is InChI=1S/C30H51NO9/c1-12-22-29(7,36)14-16(2)23(32)17(3)15-30(8,37-11)26(19(5)24(33)20(6)27(35)39-22)40-28-25(34)21(31(9)10)13-18(4)38-28/h14,17-22,25-26,28,34,36H,12-13,15H2,1-11H3/b16-14+/t17-,18-,19+,20-,21+,22-,25-,26-,28+,29+,30-/m1/s1. The maximum Gasteiger partial charge on any atom is 0.316 e. The van der Waals surface area contributed by atoms with E-state index in [1.54, 1.807) is 34.6 Å². The Kier molecular flexibility index (Phi) is 11.7. The van der Waals surface area contributed by atoms with E-state index in [2.05, 4.69) is 0 Å². The molecule has 40 heavy (non-hydrogen) atoms. The Morgan fingerprint density at radius 2 is 1.73 bits per heavy atom. The number of cyclic esters (lactones) is 1. The Hall–Kier alpha value is -1.69. The van der Waals surface area contributed by atoms with Crippen LogP contribution < -0.4 is 0 Å². The molecule has 0 aromatic rings. The number of allylic oxidation sites excluding steroid dienone is 1. The van der Waals surface area contributed by atoms with Gasteiger partial charge in [-0.1, -0.05) is 20.8 Å². The van der Waals surface area contributed by atoms with Gasteiger partial charge >= 0.3 is 5.97 Å². The van der Waals surface area contributed by atoms with Crippen molar-refractivity contribution in [1.82, 2.24) is 4.90 Å². The van der Waals surface area contributed by atoms with E-state index >= 15 is 0 Å². The molecule has 2 aliphatic heterocycles. The van der Waals surface area contributed by atoms with Crippen molar-refractivity contribution < 1.29 is 43.5 Å². The van der Waals surface area contributed by atoms with E-state index in [-0.39, 0.29) is 30.8 Å². The third kappa shape index (κ3) is 7.57. The quantitative estimate of drug-likeness (QED) is 0.376. The Balaban J connectivity index is 2.62. The molecule has 230 valence electrons. The van der Waals surface area contributed by atoms with Gasteiger partial charge in [0.25, 0.3) is 0 Å². The number of rotatable bonds is 5. The molecule has 2 rings (SSSR count). The van der Waals surface area contributed by atoms with Crippen LogP contribution in [0.1, 0.15) is 74.7 Å². The highest BCUT2D eigenvalue weighted by Crippen LogP contribution is 2.37. The van der Waals surface area contributed by atoms with E-state index in [1.807, 2.05) is 25.9 Å². The Morgan fingerprint density at radius 3 is 2.25 bits per heavy atom. The van der Waals surface area contributed by atoms with Gasteiger partial charge in [0, 0.05) is 25.0 Å². The van der Waals surface area contributed by atoms with Gasteiger partial charge in [0.15, 0.2) is 17.9 Å². The number of hydrogen-bond acceptors (Lipinski definition) is 10. The number of carbonyl (C=O) groups excluding carboxylic acids is 3. The molecule has 0 saturated carbocycles. The zero-order chi connectivity index (χ0) is 30.7. The summed E-state index contributed by atoms with van der Waals surface area (Å²) in [7, 11) is 5.22. The van der Waals surface area contributed by atoms with Crippen molar-refractivity contribution in [3.05, 3.63) is 11.6 Å². The van der Waals surface area contributed by atoms with Crippen LogP contribution in [0.25, 0.3) is 0 Å². The maximum absolute atomic E-state index is 13.8. The first-order chi connectivity index (χ1) is 18.4. The minimum atomic E-state index is -1.62. The predicted molar refractivity (Wildman–Crippen MR) is 149 cm³/mol. The zero-order valence-electron chi connectivity index (χ0n) is 26.1. The van der Waals surface area contributed by atoms with Gasteiger partial charge in [-0.05, 0) is 79.6 Å². The average Bonchev–Trinajstić information content (AvgIpc) is 2.88. The molecule has 11 atom stereocenters. The minimum absolute atomic E-state index is 0.170. The van der Waals surface area contributed by atoms with E-state index < -0.39 is 65.3 Å². The molecule has 0 radical (unpaired) electrons. The van der Waals surface area contributed by atoms with Gasteiger partial charge in [-0.25, -0.2) is 0 Å². The van der Waals surface area contributed by atoms with Crippen molar-refractivity contribution in [2.24, 2.45) is 17.8 Å². The topological polar surface area (TPSA) is 132 Å². The lowest BCUT2D eigenvalue weighted by Gasteiger charge is -2.46. The van der Waals surface area contributed by atoms with Gasteiger partial charge in [0.2, 0.25) is 0 Å². The molecule has 0 spiro atoms. The third-order valence-corrected chi connectivity index (χ3v) is 8.65. The summed E-state index contributed by atoms with van der Waals surface area (Å²) in [6.07, 6.45) is -1.79. The lowest BCUT2D eigenvalue weighted by atomic mass is 9.77. The molecule has 1 saturated heterocycles.